The van der Waals surface area contributed by atoms with Crippen molar-refractivity contribution in [3.8, 4) is 0 Å². The minimum absolute atomic E-state index is 0.185. The molecule has 0 aliphatic heterocycles. The zero-order chi connectivity index (χ0) is 20.3. The van der Waals surface area contributed by atoms with E-state index in [4.69, 9.17) is 4.74 Å². The molecule has 0 aromatic rings. The molecule has 2 atom stereocenters. The minimum Gasteiger partial charge on any atom is -0.462 e. The Labute approximate surface area is 164 Å². The van der Waals surface area contributed by atoms with Gasteiger partial charge in [0.15, 0.2) is 0 Å². The summed E-state index contributed by atoms with van der Waals surface area (Å²) in [5.74, 6) is 2.05. The molecule has 3 rings (SSSR count). The van der Waals surface area contributed by atoms with Gasteiger partial charge in [-0.15, -0.1) is 13.2 Å². The third-order valence-electron chi connectivity index (χ3n) is 6.58. The number of carbonyl (C=O) groups excluding carboxylic acids is 1. The van der Waals surface area contributed by atoms with Crippen LogP contribution >= 0.6 is 0 Å². The van der Waals surface area contributed by atoms with E-state index < -0.39 is 30.7 Å². The average molecular weight is 406 g/mol. The highest BCUT2D eigenvalue weighted by molar-refractivity contribution is 5.86. The lowest BCUT2D eigenvalue weighted by molar-refractivity contribution is -0.346. The van der Waals surface area contributed by atoms with Crippen LogP contribution in [-0.4, -0.2) is 30.7 Å². The van der Waals surface area contributed by atoms with Gasteiger partial charge in [0.25, 0.3) is 0 Å². The molecule has 2 radical (unpaired) electrons. The molecule has 28 heavy (non-hydrogen) atoms. The number of esters is 1. The van der Waals surface area contributed by atoms with Crippen LogP contribution < -0.4 is 0 Å². The molecule has 0 aromatic carbocycles. The lowest BCUT2D eigenvalue weighted by Crippen LogP contribution is -2.37. The van der Waals surface area contributed by atoms with Gasteiger partial charge in [-0.3, -0.25) is 9.53 Å². The first-order valence-electron chi connectivity index (χ1n) is 10.5. The lowest BCUT2D eigenvalue weighted by Gasteiger charge is -2.38. The van der Waals surface area contributed by atoms with E-state index in [0.29, 0.717) is 25.7 Å². The van der Waals surface area contributed by atoms with Crippen molar-refractivity contribution in [2.45, 2.75) is 102 Å². The van der Waals surface area contributed by atoms with Crippen LogP contribution in [0.5, 0.6) is 0 Å². The largest absolute Gasteiger partial charge is 0.522 e. The first kappa shape index (κ1) is 21.8. The van der Waals surface area contributed by atoms with E-state index >= 15 is 0 Å². The smallest absolute Gasteiger partial charge is 0.462 e. The Morgan fingerprint density at radius 2 is 1.54 bits per heavy atom. The fourth-order valence-corrected chi connectivity index (χ4v) is 4.82. The van der Waals surface area contributed by atoms with E-state index in [1.165, 1.54) is 18.8 Å². The summed E-state index contributed by atoms with van der Waals surface area (Å²) in [5, 5.41) is 0. The fourth-order valence-electron chi connectivity index (χ4n) is 4.82. The van der Waals surface area contributed by atoms with Crippen molar-refractivity contribution in [2.75, 3.05) is 0 Å². The molecule has 0 N–H and O–H groups in total. The fraction of sp³-hybridized carbons (Fsp3) is 0.857. The van der Waals surface area contributed by atoms with Gasteiger partial charge in [0.1, 0.15) is 18.2 Å². The summed E-state index contributed by atoms with van der Waals surface area (Å²) < 4.78 is 60.9. The average Bonchev–Trinajstić information content (AvgIpc) is 2.62. The van der Waals surface area contributed by atoms with Gasteiger partial charge < -0.3 is 4.74 Å². The van der Waals surface area contributed by atoms with Crippen LogP contribution in [0.25, 0.3) is 0 Å². The summed E-state index contributed by atoms with van der Waals surface area (Å²) in [6, 6.07) is 0. The Bertz CT molecular complexity index is 508. The van der Waals surface area contributed by atoms with E-state index in [2.05, 4.69) is 11.7 Å². The van der Waals surface area contributed by atoms with Crippen LogP contribution in [0.1, 0.15) is 77.6 Å². The number of hydrogen-bond acceptors (Lipinski definition) is 3. The topological polar surface area (TPSA) is 35.5 Å². The molecule has 160 valence electrons. The molecular formula is C21H30F4O3. The van der Waals surface area contributed by atoms with Gasteiger partial charge in [0.05, 0.1) is 6.10 Å². The van der Waals surface area contributed by atoms with Crippen LogP contribution in [-0.2, 0) is 14.3 Å². The van der Waals surface area contributed by atoms with Crippen molar-refractivity contribution in [1.82, 2.24) is 0 Å². The molecule has 3 aliphatic rings. The summed E-state index contributed by atoms with van der Waals surface area (Å²) in [5.41, 5.74) is 0. The van der Waals surface area contributed by atoms with Crippen molar-refractivity contribution in [3.05, 3.63) is 11.8 Å². The van der Waals surface area contributed by atoms with E-state index in [1.54, 1.807) is 0 Å². The predicted molar refractivity (Wildman–Crippen MR) is 95.6 cm³/mol. The zero-order valence-electron chi connectivity index (χ0n) is 16.4. The summed E-state index contributed by atoms with van der Waals surface area (Å²) in [4.78, 5) is 12.4. The van der Waals surface area contributed by atoms with Gasteiger partial charge in [-0.1, -0.05) is 19.8 Å². The summed E-state index contributed by atoms with van der Waals surface area (Å²) >= 11 is 0. The van der Waals surface area contributed by atoms with Crippen molar-refractivity contribution < 1.29 is 31.8 Å². The summed E-state index contributed by atoms with van der Waals surface area (Å²) in [6.07, 6.45) is -0.207. The molecule has 3 fully saturated rings. The second-order valence-corrected chi connectivity index (χ2v) is 8.67. The molecule has 0 aromatic heterocycles. The van der Waals surface area contributed by atoms with Crippen LogP contribution in [0, 0.1) is 23.7 Å². The van der Waals surface area contributed by atoms with Gasteiger partial charge in [-0.25, -0.2) is 4.39 Å². The monoisotopic (exact) mass is 406 g/mol. The summed E-state index contributed by atoms with van der Waals surface area (Å²) in [6.45, 7) is 2.25. The second kappa shape index (κ2) is 9.31. The number of halogens is 4. The number of hydrogen-bond donors (Lipinski definition) is 0. The molecule has 2 unspecified atom stereocenters. The van der Waals surface area contributed by atoms with Gasteiger partial charge in [0, 0.05) is 0 Å². The Balaban J connectivity index is 1.41. The first-order valence-corrected chi connectivity index (χ1v) is 10.5. The maximum atomic E-state index is 14.7. The molecule has 3 aliphatic carbocycles. The Hall–Kier alpha value is -0.850. The van der Waals surface area contributed by atoms with E-state index in [9.17, 15) is 22.4 Å². The van der Waals surface area contributed by atoms with Crippen LogP contribution in [0.15, 0.2) is 0 Å². The molecule has 3 nitrogen and oxygen atoms in total. The van der Waals surface area contributed by atoms with Crippen molar-refractivity contribution in [1.29, 1.82) is 0 Å². The van der Waals surface area contributed by atoms with Gasteiger partial charge in [-0.2, -0.15) is 0 Å². The molecule has 0 spiro atoms. The van der Waals surface area contributed by atoms with E-state index in [1.807, 2.05) is 0 Å². The third kappa shape index (κ3) is 6.07. The molecule has 0 saturated heterocycles. The van der Waals surface area contributed by atoms with E-state index in [0.717, 1.165) is 25.2 Å². The first-order chi connectivity index (χ1) is 13.2. The van der Waals surface area contributed by atoms with Gasteiger partial charge >= 0.3 is 12.3 Å². The maximum Gasteiger partial charge on any atom is 0.522 e. The lowest BCUT2D eigenvalue weighted by atomic mass is 9.69. The zero-order valence-corrected chi connectivity index (χ0v) is 16.4. The van der Waals surface area contributed by atoms with Crippen LogP contribution in [0.4, 0.5) is 17.6 Å². The van der Waals surface area contributed by atoms with Crippen LogP contribution in [0.2, 0.25) is 0 Å². The minimum atomic E-state index is -4.64. The number of rotatable bonds is 4. The molecule has 7 heteroatoms. The maximum absolute atomic E-state index is 14.7. The molecule has 0 heterocycles. The standard InChI is InChI=1S/C21H30F4O3/c1-13-2-4-14(5-3-13)15-6-11-18(19(22)12-15)20(26)27-16-7-9-17(10-8-16)28-21(23,24)25/h13,15-17,19H,2-12H2,1H3. The number of ether oxygens (including phenoxy) is 2. The van der Waals surface area contributed by atoms with Crippen LogP contribution in [0.3, 0.4) is 0 Å². The quantitative estimate of drug-likeness (QED) is 0.432. The van der Waals surface area contributed by atoms with Crippen molar-refractivity contribution in [2.24, 2.45) is 11.8 Å². The highest BCUT2D eigenvalue weighted by Gasteiger charge is 2.42. The van der Waals surface area contributed by atoms with Crippen molar-refractivity contribution in [3.63, 3.8) is 0 Å². The SMILES string of the molecule is CC1CC[C](C2CC[C](C(=O)OC3CCC(OC(F)(F)F)CC3)C(F)C2)CC1. The third-order valence-corrected chi connectivity index (χ3v) is 6.58. The summed E-state index contributed by atoms with van der Waals surface area (Å²) in [7, 11) is 0. The highest BCUT2D eigenvalue weighted by Crippen LogP contribution is 2.44. The molecule has 0 amide bonds. The number of alkyl halides is 4. The Morgan fingerprint density at radius 3 is 2.11 bits per heavy atom. The molecule has 3 saturated carbocycles. The van der Waals surface area contributed by atoms with Gasteiger partial charge in [0.2, 0.25) is 0 Å². The predicted octanol–water partition coefficient (Wildman–Crippen LogP) is 5.87. The normalized spacial score (nSPS) is 34.3. The second-order valence-electron chi connectivity index (χ2n) is 8.67. The van der Waals surface area contributed by atoms with Crippen molar-refractivity contribution >= 4 is 5.97 Å². The van der Waals surface area contributed by atoms with E-state index in [-0.39, 0.29) is 24.7 Å². The highest BCUT2D eigenvalue weighted by atomic mass is 19.4. The Morgan fingerprint density at radius 1 is 0.929 bits per heavy atom. The Kier molecular flexibility index (Phi) is 7.26. The molecule has 0 bridgehead atoms. The number of carbonyl (C=O) groups is 1. The van der Waals surface area contributed by atoms with Gasteiger partial charge in [-0.05, 0) is 75.5 Å². The molecular weight excluding hydrogens is 376 g/mol.